The number of allylic oxidation sites excluding steroid dienone is 2. The lowest BCUT2D eigenvalue weighted by Gasteiger charge is -2.19. The highest BCUT2D eigenvalue weighted by Gasteiger charge is 2.29. The highest BCUT2D eigenvalue weighted by molar-refractivity contribution is 5.78. The van der Waals surface area contributed by atoms with E-state index in [0.717, 1.165) is 19.3 Å². The lowest BCUT2D eigenvalue weighted by Crippen LogP contribution is -2.30. The van der Waals surface area contributed by atoms with E-state index in [-0.39, 0.29) is 0 Å². The van der Waals surface area contributed by atoms with E-state index in [1.54, 1.807) is 0 Å². The number of alkyl halides is 1. The highest BCUT2D eigenvalue weighted by Crippen LogP contribution is 2.19. The molecule has 1 rings (SSSR count). The predicted octanol–water partition coefficient (Wildman–Crippen LogP) is 2.63. The van der Waals surface area contributed by atoms with Crippen LogP contribution in [0.5, 0.6) is 0 Å². The second-order valence-electron chi connectivity index (χ2n) is 4.22. The fourth-order valence-electron chi connectivity index (χ4n) is 1.37. The van der Waals surface area contributed by atoms with Gasteiger partial charge in [-0.25, -0.2) is 9.18 Å². The average Bonchev–Trinajstić information content (AvgIpc) is 2.14. The number of carbonyl (C=O) groups excluding carboxylic acids is 1. The minimum Gasteiger partial charge on any atom is -0.463 e. The van der Waals surface area contributed by atoms with Crippen LogP contribution in [0.2, 0.25) is 0 Å². The van der Waals surface area contributed by atoms with Crippen molar-refractivity contribution in [3.05, 3.63) is 12.2 Å². The Morgan fingerprint density at radius 1 is 1.57 bits per heavy atom. The molecule has 1 aliphatic rings. The number of rotatable bonds is 3. The third-order valence-corrected chi connectivity index (χ3v) is 2.31. The molecule has 0 radical (unpaired) electrons. The SMILES string of the molecule is CC(C)(F)C(=O)OCC1CC=CCC1. The van der Waals surface area contributed by atoms with Gasteiger partial charge in [0.15, 0.2) is 0 Å². The molecule has 0 saturated heterocycles. The van der Waals surface area contributed by atoms with Gasteiger partial charge in [-0.15, -0.1) is 0 Å². The molecule has 1 aliphatic carbocycles. The fraction of sp³-hybridized carbons (Fsp3) is 0.727. The third kappa shape index (κ3) is 3.48. The Morgan fingerprint density at radius 2 is 2.29 bits per heavy atom. The van der Waals surface area contributed by atoms with E-state index < -0.39 is 11.6 Å². The quantitative estimate of drug-likeness (QED) is 0.517. The van der Waals surface area contributed by atoms with Crippen molar-refractivity contribution in [2.45, 2.75) is 38.8 Å². The van der Waals surface area contributed by atoms with Gasteiger partial charge < -0.3 is 4.74 Å². The second-order valence-corrected chi connectivity index (χ2v) is 4.22. The molecular formula is C11H17FO2. The zero-order valence-corrected chi connectivity index (χ0v) is 8.75. The number of hydrogen-bond acceptors (Lipinski definition) is 2. The van der Waals surface area contributed by atoms with Gasteiger partial charge in [0.25, 0.3) is 0 Å². The van der Waals surface area contributed by atoms with Gasteiger partial charge in [-0.1, -0.05) is 12.2 Å². The molecule has 0 spiro atoms. The second kappa shape index (κ2) is 4.58. The highest BCUT2D eigenvalue weighted by atomic mass is 19.1. The number of halogens is 1. The van der Waals surface area contributed by atoms with Crippen molar-refractivity contribution in [1.29, 1.82) is 0 Å². The van der Waals surface area contributed by atoms with Crippen molar-refractivity contribution < 1.29 is 13.9 Å². The van der Waals surface area contributed by atoms with E-state index >= 15 is 0 Å². The molecule has 0 aromatic carbocycles. The summed E-state index contributed by atoms with van der Waals surface area (Å²) in [6, 6.07) is 0. The first-order valence-electron chi connectivity index (χ1n) is 5.01. The van der Waals surface area contributed by atoms with Gasteiger partial charge in [0.05, 0.1) is 6.61 Å². The van der Waals surface area contributed by atoms with E-state index in [4.69, 9.17) is 4.74 Å². The fourth-order valence-corrected chi connectivity index (χ4v) is 1.37. The Bertz CT molecular complexity index is 228. The van der Waals surface area contributed by atoms with Crippen LogP contribution in [-0.2, 0) is 9.53 Å². The standard InChI is InChI=1S/C11H17FO2/c1-11(2,12)10(13)14-8-9-6-4-3-5-7-9/h3-4,9H,5-8H2,1-2H3. The molecule has 1 unspecified atom stereocenters. The Kier molecular flexibility index (Phi) is 3.67. The molecule has 0 fully saturated rings. The summed E-state index contributed by atoms with van der Waals surface area (Å²) in [6.07, 6.45) is 7.19. The molecule has 0 aliphatic heterocycles. The maximum Gasteiger partial charge on any atom is 0.343 e. The molecule has 0 amide bonds. The topological polar surface area (TPSA) is 26.3 Å². The number of esters is 1. The zero-order valence-electron chi connectivity index (χ0n) is 8.75. The van der Waals surface area contributed by atoms with Crippen molar-refractivity contribution in [1.82, 2.24) is 0 Å². The maximum atomic E-state index is 13.0. The van der Waals surface area contributed by atoms with Crippen LogP contribution in [0, 0.1) is 5.92 Å². The maximum absolute atomic E-state index is 13.0. The number of ether oxygens (including phenoxy) is 1. The summed E-state index contributed by atoms with van der Waals surface area (Å²) >= 11 is 0. The first kappa shape index (κ1) is 11.2. The molecule has 3 heteroatoms. The van der Waals surface area contributed by atoms with E-state index in [1.807, 2.05) is 0 Å². The number of carbonyl (C=O) groups is 1. The van der Waals surface area contributed by atoms with Crippen LogP contribution in [0.1, 0.15) is 33.1 Å². The van der Waals surface area contributed by atoms with E-state index in [1.165, 1.54) is 13.8 Å². The molecule has 14 heavy (non-hydrogen) atoms. The Labute approximate surface area is 84.1 Å². The predicted molar refractivity (Wildman–Crippen MR) is 52.6 cm³/mol. The van der Waals surface area contributed by atoms with Crippen LogP contribution in [0.25, 0.3) is 0 Å². The molecule has 2 nitrogen and oxygen atoms in total. The van der Waals surface area contributed by atoms with Crippen molar-refractivity contribution in [2.24, 2.45) is 5.92 Å². The van der Waals surface area contributed by atoms with Crippen LogP contribution in [-0.4, -0.2) is 18.2 Å². The minimum absolute atomic E-state index is 0.344. The molecule has 80 valence electrons. The summed E-state index contributed by atoms with van der Waals surface area (Å²) in [7, 11) is 0. The lowest BCUT2D eigenvalue weighted by molar-refractivity contribution is -0.156. The normalized spacial score (nSPS) is 22.1. The lowest BCUT2D eigenvalue weighted by atomic mass is 9.95. The minimum atomic E-state index is -1.87. The van der Waals surface area contributed by atoms with E-state index in [9.17, 15) is 9.18 Å². The van der Waals surface area contributed by atoms with Crippen LogP contribution in [0.4, 0.5) is 4.39 Å². The molecule has 0 aromatic rings. The van der Waals surface area contributed by atoms with Crippen LogP contribution < -0.4 is 0 Å². The molecular weight excluding hydrogens is 183 g/mol. The molecule has 1 atom stereocenters. The van der Waals surface area contributed by atoms with Gasteiger partial charge in [-0.2, -0.15) is 0 Å². The monoisotopic (exact) mass is 200 g/mol. The van der Waals surface area contributed by atoms with Gasteiger partial charge in [0.1, 0.15) is 0 Å². The summed E-state index contributed by atoms with van der Waals surface area (Å²) in [4.78, 5) is 11.1. The molecule has 0 N–H and O–H groups in total. The Balaban J connectivity index is 2.26. The van der Waals surface area contributed by atoms with E-state index in [0.29, 0.717) is 12.5 Å². The molecule has 0 aromatic heterocycles. The van der Waals surface area contributed by atoms with Crippen molar-refractivity contribution >= 4 is 5.97 Å². The van der Waals surface area contributed by atoms with Gasteiger partial charge in [-0.3, -0.25) is 0 Å². The van der Waals surface area contributed by atoms with E-state index in [2.05, 4.69) is 12.2 Å². The summed E-state index contributed by atoms with van der Waals surface area (Å²) in [5, 5.41) is 0. The van der Waals surface area contributed by atoms with Gasteiger partial charge in [-0.05, 0) is 39.0 Å². The van der Waals surface area contributed by atoms with Gasteiger partial charge in [0.2, 0.25) is 5.67 Å². The van der Waals surface area contributed by atoms with Crippen LogP contribution in [0.3, 0.4) is 0 Å². The zero-order chi connectivity index (χ0) is 10.6. The summed E-state index contributed by atoms with van der Waals surface area (Å²) in [6.45, 7) is 2.78. The van der Waals surface area contributed by atoms with Gasteiger partial charge in [0, 0.05) is 0 Å². The number of hydrogen-bond donors (Lipinski definition) is 0. The summed E-state index contributed by atoms with van der Waals surface area (Å²) in [5.41, 5.74) is -1.87. The first-order valence-corrected chi connectivity index (χ1v) is 5.01. The van der Waals surface area contributed by atoms with Crippen LogP contribution in [0.15, 0.2) is 12.2 Å². The van der Waals surface area contributed by atoms with Gasteiger partial charge >= 0.3 is 5.97 Å². The van der Waals surface area contributed by atoms with Crippen molar-refractivity contribution in [3.63, 3.8) is 0 Å². The average molecular weight is 200 g/mol. The van der Waals surface area contributed by atoms with Crippen molar-refractivity contribution in [3.8, 4) is 0 Å². The Hall–Kier alpha value is -0.860. The smallest absolute Gasteiger partial charge is 0.343 e. The molecule has 0 bridgehead atoms. The first-order chi connectivity index (χ1) is 6.50. The van der Waals surface area contributed by atoms with Crippen molar-refractivity contribution in [2.75, 3.05) is 6.61 Å². The third-order valence-electron chi connectivity index (χ3n) is 2.31. The summed E-state index contributed by atoms with van der Waals surface area (Å²) < 4.78 is 17.9. The largest absolute Gasteiger partial charge is 0.463 e. The molecule has 0 heterocycles. The summed E-state index contributed by atoms with van der Waals surface area (Å²) in [5.74, 6) is -0.390. The Morgan fingerprint density at radius 3 is 2.79 bits per heavy atom. The molecule has 0 saturated carbocycles. The van der Waals surface area contributed by atoms with Crippen LogP contribution >= 0.6 is 0 Å².